The van der Waals surface area contributed by atoms with Crippen LogP contribution in [0.2, 0.25) is 0 Å². The van der Waals surface area contributed by atoms with Crippen LogP contribution in [-0.2, 0) is 11.3 Å². The Labute approximate surface area is 134 Å². The smallest absolute Gasteiger partial charge is 0.222 e. The molecule has 0 spiro atoms. The molecule has 1 heterocycles. The third-order valence-corrected chi connectivity index (χ3v) is 3.53. The summed E-state index contributed by atoms with van der Waals surface area (Å²) in [7, 11) is 0. The van der Waals surface area contributed by atoms with Gasteiger partial charge in [-0.3, -0.25) is 4.79 Å². The summed E-state index contributed by atoms with van der Waals surface area (Å²) < 4.78 is 1.54. The molecule has 116 valence electrons. The molecule has 6 heteroatoms. The van der Waals surface area contributed by atoms with Crippen LogP contribution in [0, 0.1) is 0 Å². The van der Waals surface area contributed by atoms with Gasteiger partial charge in [-0.15, -0.1) is 5.10 Å². The maximum atomic E-state index is 12.3. The van der Waals surface area contributed by atoms with Gasteiger partial charge in [0.15, 0.2) is 0 Å². The van der Waals surface area contributed by atoms with E-state index in [9.17, 15) is 4.79 Å². The molecule has 0 aliphatic rings. The van der Waals surface area contributed by atoms with E-state index in [2.05, 4.69) is 20.8 Å². The van der Waals surface area contributed by atoms with Crippen LogP contribution in [0.3, 0.4) is 0 Å². The molecule has 2 aromatic carbocycles. The fraction of sp³-hybridized carbons (Fsp3) is 0.176. The summed E-state index contributed by atoms with van der Waals surface area (Å²) in [6.07, 6.45) is 1.82. The highest BCUT2D eigenvalue weighted by Gasteiger charge is 2.16. The predicted molar refractivity (Wildman–Crippen MR) is 85.3 cm³/mol. The first-order valence-corrected chi connectivity index (χ1v) is 7.43. The van der Waals surface area contributed by atoms with Crippen molar-refractivity contribution in [2.24, 2.45) is 0 Å². The minimum Gasteiger partial charge on any atom is -0.345 e. The van der Waals surface area contributed by atoms with Gasteiger partial charge in [-0.05, 0) is 21.6 Å². The number of hydrogen-bond acceptors (Lipinski definition) is 4. The van der Waals surface area contributed by atoms with Crippen molar-refractivity contribution >= 4 is 5.91 Å². The second kappa shape index (κ2) is 7.31. The molecule has 1 N–H and O–H groups in total. The van der Waals surface area contributed by atoms with Gasteiger partial charge >= 0.3 is 0 Å². The van der Waals surface area contributed by atoms with E-state index in [0.717, 1.165) is 11.1 Å². The third-order valence-electron chi connectivity index (χ3n) is 3.53. The number of carbonyl (C=O) groups excluding carboxylic acids is 1. The number of tetrazole rings is 1. The number of amides is 1. The number of rotatable bonds is 6. The molecule has 6 nitrogen and oxygen atoms in total. The minimum absolute atomic E-state index is 0.0433. The zero-order valence-corrected chi connectivity index (χ0v) is 12.5. The number of carbonyl (C=O) groups is 1. The van der Waals surface area contributed by atoms with Crippen LogP contribution in [0.4, 0.5) is 0 Å². The number of aromatic nitrogens is 4. The van der Waals surface area contributed by atoms with Crippen LogP contribution in [-0.4, -0.2) is 26.1 Å². The minimum atomic E-state index is -0.168. The Hall–Kier alpha value is -3.02. The molecule has 0 fully saturated rings. The molecule has 0 aliphatic carbocycles. The van der Waals surface area contributed by atoms with Crippen LogP contribution >= 0.6 is 0 Å². The van der Waals surface area contributed by atoms with E-state index in [0.29, 0.717) is 13.0 Å². The molecule has 23 heavy (non-hydrogen) atoms. The Kier molecular flexibility index (Phi) is 4.73. The van der Waals surface area contributed by atoms with Crippen LogP contribution in [0.15, 0.2) is 67.0 Å². The quantitative estimate of drug-likeness (QED) is 0.755. The summed E-state index contributed by atoms with van der Waals surface area (Å²) in [5, 5.41) is 14.0. The van der Waals surface area contributed by atoms with Crippen molar-refractivity contribution in [1.29, 1.82) is 0 Å². The van der Waals surface area contributed by atoms with Crippen LogP contribution in [0.25, 0.3) is 0 Å². The lowest BCUT2D eigenvalue weighted by atomic mass is 9.98. The molecular formula is C17H17N5O. The van der Waals surface area contributed by atoms with Gasteiger partial charge in [0.25, 0.3) is 0 Å². The summed E-state index contributed by atoms with van der Waals surface area (Å²) in [6.45, 7) is 0.454. The van der Waals surface area contributed by atoms with Gasteiger partial charge in [0.1, 0.15) is 6.33 Å². The number of aryl methyl sites for hydroxylation is 1. The molecule has 3 rings (SSSR count). The summed E-state index contributed by atoms with van der Waals surface area (Å²) >= 11 is 0. The molecular weight excluding hydrogens is 290 g/mol. The molecule has 0 aliphatic heterocycles. The SMILES string of the molecule is O=C(CCn1cnnn1)NC(c1ccccc1)c1ccccc1. The lowest BCUT2D eigenvalue weighted by Gasteiger charge is -2.20. The topological polar surface area (TPSA) is 72.7 Å². The van der Waals surface area contributed by atoms with E-state index in [-0.39, 0.29) is 11.9 Å². The molecule has 0 atom stereocenters. The Morgan fingerprint density at radius 2 is 1.61 bits per heavy atom. The monoisotopic (exact) mass is 307 g/mol. The fourth-order valence-electron chi connectivity index (χ4n) is 2.38. The van der Waals surface area contributed by atoms with E-state index < -0.39 is 0 Å². The van der Waals surface area contributed by atoms with Crippen LogP contribution in [0.5, 0.6) is 0 Å². The standard InChI is InChI=1S/C17H17N5O/c23-16(11-12-22-13-18-20-21-22)19-17(14-7-3-1-4-8-14)15-9-5-2-6-10-15/h1-10,13,17H,11-12H2,(H,19,23). The zero-order valence-electron chi connectivity index (χ0n) is 12.5. The second-order valence-electron chi connectivity index (χ2n) is 5.14. The Bertz CT molecular complexity index is 689. The summed E-state index contributed by atoms with van der Waals surface area (Å²) in [4.78, 5) is 12.3. The van der Waals surface area contributed by atoms with Gasteiger partial charge in [0, 0.05) is 6.42 Å². The lowest BCUT2D eigenvalue weighted by molar-refractivity contribution is -0.121. The predicted octanol–water partition coefficient (Wildman–Crippen LogP) is 1.97. The maximum absolute atomic E-state index is 12.3. The summed E-state index contributed by atoms with van der Waals surface area (Å²) in [5.74, 6) is -0.0433. The second-order valence-corrected chi connectivity index (χ2v) is 5.14. The number of hydrogen-bond donors (Lipinski definition) is 1. The Balaban J connectivity index is 1.72. The summed E-state index contributed by atoms with van der Waals surface area (Å²) in [5.41, 5.74) is 2.10. The van der Waals surface area contributed by atoms with Gasteiger partial charge in [-0.2, -0.15) is 0 Å². The zero-order chi connectivity index (χ0) is 15.9. The first-order valence-electron chi connectivity index (χ1n) is 7.43. The van der Waals surface area contributed by atoms with E-state index >= 15 is 0 Å². The maximum Gasteiger partial charge on any atom is 0.222 e. The van der Waals surface area contributed by atoms with Crippen molar-refractivity contribution in [2.75, 3.05) is 0 Å². The van der Waals surface area contributed by atoms with E-state index in [4.69, 9.17) is 0 Å². The Morgan fingerprint density at radius 3 is 2.13 bits per heavy atom. The highest BCUT2D eigenvalue weighted by molar-refractivity contribution is 5.76. The fourth-order valence-corrected chi connectivity index (χ4v) is 2.38. The van der Waals surface area contributed by atoms with Crippen LogP contribution in [0.1, 0.15) is 23.6 Å². The normalized spacial score (nSPS) is 10.7. The third kappa shape index (κ3) is 4.00. The first-order chi connectivity index (χ1) is 11.3. The molecule has 3 aromatic rings. The molecule has 1 amide bonds. The largest absolute Gasteiger partial charge is 0.345 e. The highest BCUT2D eigenvalue weighted by atomic mass is 16.1. The van der Waals surface area contributed by atoms with Crippen molar-refractivity contribution in [1.82, 2.24) is 25.5 Å². The van der Waals surface area contributed by atoms with Gasteiger partial charge in [-0.1, -0.05) is 60.7 Å². The van der Waals surface area contributed by atoms with Crippen molar-refractivity contribution in [2.45, 2.75) is 19.0 Å². The first kappa shape index (κ1) is 14.9. The van der Waals surface area contributed by atoms with Crippen molar-refractivity contribution < 1.29 is 4.79 Å². The molecule has 0 radical (unpaired) electrons. The number of nitrogens with one attached hydrogen (secondary N) is 1. The van der Waals surface area contributed by atoms with E-state index in [1.54, 1.807) is 4.68 Å². The van der Waals surface area contributed by atoms with E-state index in [1.807, 2.05) is 60.7 Å². The molecule has 0 bridgehead atoms. The van der Waals surface area contributed by atoms with Gasteiger partial charge in [0.2, 0.25) is 5.91 Å². The van der Waals surface area contributed by atoms with Gasteiger partial charge < -0.3 is 5.32 Å². The van der Waals surface area contributed by atoms with Crippen molar-refractivity contribution in [3.63, 3.8) is 0 Å². The lowest BCUT2D eigenvalue weighted by Crippen LogP contribution is -2.30. The van der Waals surface area contributed by atoms with E-state index in [1.165, 1.54) is 6.33 Å². The van der Waals surface area contributed by atoms with Gasteiger partial charge in [0.05, 0.1) is 12.6 Å². The number of nitrogens with zero attached hydrogens (tertiary/aromatic N) is 4. The molecule has 0 saturated heterocycles. The molecule has 0 saturated carbocycles. The van der Waals surface area contributed by atoms with Crippen LogP contribution < -0.4 is 5.32 Å². The molecule has 1 aromatic heterocycles. The summed E-state index contributed by atoms with van der Waals surface area (Å²) in [6, 6.07) is 19.7. The average molecular weight is 307 g/mol. The number of benzene rings is 2. The van der Waals surface area contributed by atoms with Crippen molar-refractivity contribution in [3.8, 4) is 0 Å². The Morgan fingerprint density at radius 1 is 1.00 bits per heavy atom. The van der Waals surface area contributed by atoms with Gasteiger partial charge in [-0.25, -0.2) is 4.68 Å². The highest BCUT2D eigenvalue weighted by Crippen LogP contribution is 2.21. The average Bonchev–Trinajstić information content (AvgIpc) is 3.13. The molecule has 0 unspecified atom stereocenters. The van der Waals surface area contributed by atoms with Crippen molar-refractivity contribution in [3.05, 3.63) is 78.1 Å².